The van der Waals surface area contributed by atoms with Crippen molar-refractivity contribution in [1.29, 1.82) is 0 Å². The molecule has 0 fully saturated rings. The van der Waals surface area contributed by atoms with Crippen LogP contribution < -0.4 is 14.9 Å². The Bertz CT molecular complexity index is 1240. The van der Waals surface area contributed by atoms with Crippen molar-refractivity contribution in [2.45, 2.75) is 46.1 Å². The van der Waals surface area contributed by atoms with Crippen LogP contribution >= 0.6 is 45.8 Å². The predicted molar refractivity (Wildman–Crippen MR) is 156 cm³/mol. The van der Waals surface area contributed by atoms with Crippen LogP contribution in [-0.2, 0) is 23.2 Å². The highest BCUT2D eigenvalue weighted by atomic mass is 127. The summed E-state index contributed by atoms with van der Waals surface area (Å²) in [6.45, 7) is 9.13. The molecular formula is C28H29Cl2IN2O3. The molecule has 1 N–H and O–H groups in total. The molecule has 5 nitrogen and oxygen atoms in total. The molecule has 0 heterocycles. The molecule has 0 aliphatic heterocycles. The van der Waals surface area contributed by atoms with Crippen LogP contribution in [0, 0.1) is 3.57 Å². The van der Waals surface area contributed by atoms with E-state index in [0.717, 1.165) is 20.3 Å². The Balaban J connectivity index is 1.65. The molecule has 0 aromatic heterocycles. The van der Waals surface area contributed by atoms with Gasteiger partial charge in [-0.15, -0.1) is 0 Å². The van der Waals surface area contributed by atoms with Gasteiger partial charge in [0.1, 0.15) is 6.61 Å². The third-order valence-electron chi connectivity index (χ3n) is 5.31. The SMILES string of the molecule is CCOc1cc(/C=N\NC(=O)Cc2ccc(C(C)(C)C)cc2)cc(I)c1OCc1ccc(Cl)cc1Cl. The van der Waals surface area contributed by atoms with Crippen LogP contribution in [0.3, 0.4) is 0 Å². The third kappa shape index (κ3) is 8.11. The van der Waals surface area contributed by atoms with E-state index in [-0.39, 0.29) is 24.3 Å². The Labute approximate surface area is 236 Å². The minimum absolute atomic E-state index is 0.0758. The summed E-state index contributed by atoms with van der Waals surface area (Å²) in [6, 6.07) is 17.1. The average Bonchev–Trinajstić information content (AvgIpc) is 2.79. The standard InChI is InChI=1S/C28H29Cl2IN2O3/c1-5-35-25-13-19(12-24(31)27(25)36-17-20-8-11-22(29)15-23(20)30)16-32-33-26(34)14-18-6-9-21(10-7-18)28(2,3)4/h6-13,15-16H,5,14,17H2,1-4H3,(H,33,34)/b32-16-. The number of hydrogen-bond acceptors (Lipinski definition) is 4. The van der Waals surface area contributed by atoms with Gasteiger partial charge >= 0.3 is 0 Å². The fraction of sp³-hybridized carbons (Fsp3) is 0.286. The van der Waals surface area contributed by atoms with Crippen molar-refractivity contribution in [2.24, 2.45) is 5.10 Å². The van der Waals surface area contributed by atoms with Gasteiger partial charge in [0.2, 0.25) is 5.91 Å². The molecular weight excluding hydrogens is 610 g/mol. The summed E-state index contributed by atoms with van der Waals surface area (Å²) in [6.07, 6.45) is 1.84. The van der Waals surface area contributed by atoms with E-state index in [9.17, 15) is 4.79 Å². The highest BCUT2D eigenvalue weighted by molar-refractivity contribution is 14.1. The number of nitrogens with one attached hydrogen (secondary N) is 1. The molecule has 8 heteroatoms. The van der Waals surface area contributed by atoms with E-state index in [1.54, 1.807) is 18.3 Å². The fourth-order valence-corrected chi connectivity index (χ4v) is 4.62. The lowest BCUT2D eigenvalue weighted by Crippen LogP contribution is -2.20. The molecule has 190 valence electrons. The van der Waals surface area contributed by atoms with Crippen molar-refractivity contribution < 1.29 is 14.3 Å². The molecule has 0 bridgehead atoms. The first-order valence-electron chi connectivity index (χ1n) is 11.5. The number of ether oxygens (including phenoxy) is 2. The number of halogens is 3. The smallest absolute Gasteiger partial charge is 0.244 e. The molecule has 3 aromatic rings. The lowest BCUT2D eigenvalue weighted by Gasteiger charge is -2.19. The Kier molecular flexibility index (Phi) is 10.0. The highest BCUT2D eigenvalue weighted by Gasteiger charge is 2.14. The molecule has 0 unspecified atom stereocenters. The zero-order valence-electron chi connectivity index (χ0n) is 20.7. The van der Waals surface area contributed by atoms with Crippen LogP contribution in [0.4, 0.5) is 0 Å². The number of hydrazone groups is 1. The van der Waals surface area contributed by atoms with E-state index in [1.165, 1.54) is 5.56 Å². The van der Waals surface area contributed by atoms with Gasteiger partial charge in [0, 0.05) is 15.6 Å². The maximum absolute atomic E-state index is 12.4. The molecule has 0 aliphatic carbocycles. The number of amides is 1. The Morgan fingerprint density at radius 3 is 2.42 bits per heavy atom. The van der Waals surface area contributed by atoms with Crippen molar-refractivity contribution in [2.75, 3.05) is 6.61 Å². The third-order valence-corrected chi connectivity index (χ3v) is 6.69. The first-order valence-corrected chi connectivity index (χ1v) is 13.3. The quantitative estimate of drug-likeness (QED) is 0.149. The summed E-state index contributed by atoms with van der Waals surface area (Å²) in [5.41, 5.74) is 6.43. The van der Waals surface area contributed by atoms with Crippen LogP contribution in [0.2, 0.25) is 10.0 Å². The molecule has 1 amide bonds. The molecule has 36 heavy (non-hydrogen) atoms. The Hall–Kier alpha value is -2.29. The van der Waals surface area contributed by atoms with Gasteiger partial charge in [0.25, 0.3) is 0 Å². The van der Waals surface area contributed by atoms with Gasteiger partial charge in [-0.3, -0.25) is 4.79 Å². The summed E-state index contributed by atoms with van der Waals surface area (Å²) in [5, 5.41) is 5.24. The monoisotopic (exact) mass is 638 g/mol. The molecule has 3 rings (SSSR count). The topological polar surface area (TPSA) is 59.9 Å². The van der Waals surface area contributed by atoms with Gasteiger partial charge < -0.3 is 9.47 Å². The van der Waals surface area contributed by atoms with Crippen LogP contribution in [0.15, 0.2) is 59.7 Å². The van der Waals surface area contributed by atoms with E-state index in [2.05, 4.69) is 66.0 Å². The van der Waals surface area contributed by atoms with Gasteiger partial charge in [-0.25, -0.2) is 5.43 Å². The average molecular weight is 639 g/mol. The van der Waals surface area contributed by atoms with Crippen molar-refractivity contribution >= 4 is 57.9 Å². The second-order valence-corrected chi connectivity index (χ2v) is 11.2. The summed E-state index contributed by atoms with van der Waals surface area (Å²) in [7, 11) is 0. The molecule has 0 radical (unpaired) electrons. The van der Waals surface area contributed by atoms with Gasteiger partial charge in [-0.1, -0.05) is 74.3 Å². The number of benzene rings is 3. The number of carbonyl (C=O) groups is 1. The van der Waals surface area contributed by atoms with Crippen molar-refractivity contribution in [3.8, 4) is 11.5 Å². The summed E-state index contributed by atoms with van der Waals surface area (Å²) < 4.78 is 12.7. The second kappa shape index (κ2) is 12.8. The lowest BCUT2D eigenvalue weighted by atomic mass is 9.86. The minimum Gasteiger partial charge on any atom is -0.490 e. The van der Waals surface area contributed by atoms with Crippen LogP contribution in [0.25, 0.3) is 0 Å². The minimum atomic E-state index is -0.186. The van der Waals surface area contributed by atoms with Gasteiger partial charge in [0.05, 0.1) is 22.8 Å². The molecule has 0 spiro atoms. The normalized spacial score (nSPS) is 11.5. The zero-order chi connectivity index (χ0) is 26.3. The summed E-state index contributed by atoms with van der Waals surface area (Å²) >= 11 is 14.4. The molecule has 0 aliphatic rings. The summed E-state index contributed by atoms with van der Waals surface area (Å²) in [4.78, 5) is 12.4. The van der Waals surface area contributed by atoms with Crippen LogP contribution in [-0.4, -0.2) is 18.7 Å². The molecule has 0 saturated heterocycles. The zero-order valence-corrected chi connectivity index (χ0v) is 24.4. The van der Waals surface area contributed by atoms with E-state index in [0.29, 0.717) is 28.2 Å². The Morgan fingerprint density at radius 2 is 1.78 bits per heavy atom. The van der Waals surface area contributed by atoms with E-state index >= 15 is 0 Å². The highest BCUT2D eigenvalue weighted by Crippen LogP contribution is 2.35. The maximum Gasteiger partial charge on any atom is 0.244 e. The van der Waals surface area contributed by atoms with Crippen LogP contribution in [0.5, 0.6) is 11.5 Å². The largest absolute Gasteiger partial charge is 0.490 e. The first-order chi connectivity index (χ1) is 17.1. The first kappa shape index (κ1) is 28.3. The van der Waals surface area contributed by atoms with E-state index < -0.39 is 0 Å². The van der Waals surface area contributed by atoms with Crippen molar-refractivity contribution in [3.63, 3.8) is 0 Å². The predicted octanol–water partition coefficient (Wildman–Crippen LogP) is 7.57. The van der Waals surface area contributed by atoms with Gasteiger partial charge in [-0.05, 0) is 75.9 Å². The van der Waals surface area contributed by atoms with Crippen molar-refractivity contribution in [3.05, 3.63) is 90.5 Å². The van der Waals surface area contributed by atoms with E-state index in [1.807, 2.05) is 37.3 Å². The Morgan fingerprint density at radius 1 is 1.06 bits per heavy atom. The number of nitrogens with zero attached hydrogens (tertiary/aromatic N) is 1. The molecule has 0 saturated carbocycles. The van der Waals surface area contributed by atoms with Crippen molar-refractivity contribution in [1.82, 2.24) is 5.43 Å². The van der Waals surface area contributed by atoms with Gasteiger partial charge in [0.15, 0.2) is 11.5 Å². The molecule has 0 atom stereocenters. The lowest BCUT2D eigenvalue weighted by molar-refractivity contribution is -0.120. The number of hydrogen-bond donors (Lipinski definition) is 1. The fourth-order valence-electron chi connectivity index (χ4n) is 3.38. The van der Waals surface area contributed by atoms with Crippen LogP contribution in [0.1, 0.15) is 49.9 Å². The van der Waals surface area contributed by atoms with E-state index in [4.69, 9.17) is 32.7 Å². The second-order valence-electron chi connectivity index (χ2n) is 9.20. The summed E-state index contributed by atoms with van der Waals surface area (Å²) in [5.74, 6) is 1.01. The molecule has 3 aromatic carbocycles. The maximum atomic E-state index is 12.4. The number of rotatable bonds is 9. The van der Waals surface area contributed by atoms with Gasteiger partial charge in [-0.2, -0.15) is 5.10 Å². The number of carbonyl (C=O) groups excluding carboxylic acids is 1.